The maximum Gasteiger partial charge on any atom is 0.315 e. The van der Waals surface area contributed by atoms with Crippen LogP contribution in [0.4, 0.5) is 0 Å². The van der Waals surface area contributed by atoms with Crippen molar-refractivity contribution >= 4 is 17.8 Å². The maximum absolute atomic E-state index is 13.0. The van der Waals surface area contributed by atoms with E-state index in [1.165, 1.54) is 18.0 Å². The number of carboxylic acids is 1. The van der Waals surface area contributed by atoms with Crippen molar-refractivity contribution in [2.24, 2.45) is 17.3 Å². The van der Waals surface area contributed by atoms with Crippen molar-refractivity contribution in [1.29, 1.82) is 0 Å². The van der Waals surface area contributed by atoms with Crippen molar-refractivity contribution < 1.29 is 29.3 Å². The average molecular weight is 416 g/mol. The molecule has 0 aromatic heterocycles. The number of ether oxygens (including phenoxy) is 1. The molecule has 1 heterocycles. The number of carbonyl (C=O) groups excluding carboxylic acids is 2. The molecular formula is C22H28N2O6. The Balaban J connectivity index is 1.93. The minimum Gasteiger partial charge on any atom is -0.491 e. The van der Waals surface area contributed by atoms with E-state index in [0.29, 0.717) is 5.75 Å². The third kappa shape index (κ3) is 4.18. The van der Waals surface area contributed by atoms with E-state index in [4.69, 9.17) is 9.84 Å². The molecule has 30 heavy (non-hydrogen) atoms. The Morgan fingerprint density at radius 2 is 2.13 bits per heavy atom. The molecule has 1 aliphatic heterocycles. The Kier molecular flexibility index (Phi) is 6.45. The molecule has 2 amide bonds. The van der Waals surface area contributed by atoms with Gasteiger partial charge in [0.05, 0.1) is 6.61 Å². The summed E-state index contributed by atoms with van der Waals surface area (Å²) in [7, 11) is 1.42. The number of aliphatic hydroxyl groups is 1. The molecular weight excluding hydrogens is 388 g/mol. The van der Waals surface area contributed by atoms with E-state index in [-0.39, 0.29) is 43.7 Å². The van der Waals surface area contributed by atoms with E-state index in [2.05, 4.69) is 5.32 Å². The molecule has 0 radical (unpaired) electrons. The molecule has 0 saturated heterocycles. The van der Waals surface area contributed by atoms with Crippen molar-refractivity contribution in [3.8, 4) is 5.75 Å². The van der Waals surface area contributed by atoms with E-state index in [1.807, 2.05) is 13.0 Å². The summed E-state index contributed by atoms with van der Waals surface area (Å²) >= 11 is 0. The molecule has 3 atom stereocenters. The number of benzene rings is 1. The Hall–Kier alpha value is -2.87. The summed E-state index contributed by atoms with van der Waals surface area (Å²) in [5.41, 5.74) is -0.652. The summed E-state index contributed by atoms with van der Waals surface area (Å²) in [6, 6.07) is 7.07. The Morgan fingerprint density at radius 3 is 2.73 bits per heavy atom. The molecule has 2 aliphatic rings. The lowest BCUT2D eigenvalue weighted by Gasteiger charge is -2.38. The van der Waals surface area contributed by atoms with Gasteiger partial charge in [0.15, 0.2) is 0 Å². The topological polar surface area (TPSA) is 116 Å². The lowest BCUT2D eigenvalue weighted by atomic mass is 9.76. The first-order chi connectivity index (χ1) is 14.4. The number of carbonyl (C=O) groups is 3. The Morgan fingerprint density at radius 1 is 1.37 bits per heavy atom. The number of hydrogen-bond acceptors (Lipinski definition) is 5. The second-order valence-corrected chi connectivity index (χ2v) is 7.87. The van der Waals surface area contributed by atoms with Crippen LogP contribution in [-0.2, 0) is 20.9 Å². The van der Waals surface area contributed by atoms with Gasteiger partial charge in [0.2, 0.25) is 0 Å². The van der Waals surface area contributed by atoms with Gasteiger partial charge in [-0.05, 0) is 42.0 Å². The van der Waals surface area contributed by atoms with Crippen LogP contribution in [-0.4, -0.2) is 59.7 Å². The molecule has 3 rings (SSSR count). The summed E-state index contributed by atoms with van der Waals surface area (Å²) in [5.74, 6) is -1.36. The predicted octanol–water partition coefficient (Wildman–Crippen LogP) is 1.19. The van der Waals surface area contributed by atoms with E-state index in [1.54, 1.807) is 18.2 Å². The number of rotatable bonds is 9. The van der Waals surface area contributed by atoms with E-state index >= 15 is 0 Å². The molecule has 1 unspecified atom stereocenters. The fourth-order valence-electron chi connectivity index (χ4n) is 4.31. The molecule has 8 nitrogen and oxygen atoms in total. The highest BCUT2D eigenvalue weighted by Gasteiger charge is 2.58. The number of carboxylic acid groups (broad SMARTS) is 1. The number of nitrogens with one attached hydrogen (secondary N) is 1. The van der Waals surface area contributed by atoms with Crippen LogP contribution < -0.4 is 10.1 Å². The molecule has 0 spiro atoms. The number of aliphatic carboxylic acids is 1. The maximum atomic E-state index is 13.0. The van der Waals surface area contributed by atoms with Gasteiger partial charge < -0.3 is 25.2 Å². The first-order valence-electron chi connectivity index (χ1n) is 10.2. The lowest BCUT2D eigenvalue weighted by molar-refractivity contribution is -0.151. The molecule has 1 aromatic carbocycles. The largest absolute Gasteiger partial charge is 0.491 e. The van der Waals surface area contributed by atoms with E-state index in [0.717, 1.165) is 18.4 Å². The van der Waals surface area contributed by atoms with Gasteiger partial charge >= 0.3 is 5.97 Å². The monoisotopic (exact) mass is 416 g/mol. The summed E-state index contributed by atoms with van der Waals surface area (Å²) in [6.07, 6.45) is 3.02. The zero-order chi connectivity index (χ0) is 21.9. The number of hydrogen-bond donors (Lipinski definition) is 3. The van der Waals surface area contributed by atoms with Gasteiger partial charge in [-0.15, -0.1) is 0 Å². The molecule has 3 N–H and O–H groups in total. The minimum atomic E-state index is -1.28. The fraction of sp³-hybridized carbons (Fsp3) is 0.500. The third-order valence-corrected chi connectivity index (χ3v) is 5.98. The van der Waals surface area contributed by atoms with Crippen molar-refractivity contribution in [2.75, 3.05) is 26.8 Å². The summed E-state index contributed by atoms with van der Waals surface area (Å²) in [5, 5.41) is 21.5. The van der Waals surface area contributed by atoms with Crippen LogP contribution >= 0.6 is 0 Å². The molecule has 162 valence electrons. The smallest absolute Gasteiger partial charge is 0.315 e. The number of nitrogens with zero attached hydrogens (tertiary/aromatic N) is 1. The number of likely N-dealkylation sites (N-methyl/N-ethyl adjacent to an activating group) is 1. The van der Waals surface area contributed by atoms with Gasteiger partial charge in [0.1, 0.15) is 23.3 Å². The zero-order valence-electron chi connectivity index (χ0n) is 17.3. The van der Waals surface area contributed by atoms with Gasteiger partial charge in [-0.2, -0.15) is 0 Å². The molecule has 1 aliphatic carbocycles. The highest BCUT2D eigenvalue weighted by molar-refractivity contribution is 6.19. The average Bonchev–Trinajstić information content (AvgIpc) is 3.54. The van der Waals surface area contributed by atoms with Crippen molar-refractivity contribution in [2.45, 2.75) is 26.3 Å². The van der Waals surface area contributed by atoms with Crippen LogP contribution in [0.1, 0.15) is 25.3 Å². The van der Waals surface area contributed by atoms with Gasteiger partial charge in [-0.1, -0.05) is 25.5 Å². The summed E-state index contributed by atoms with van der Waals surface area (Å²) in [6.45, 7) is 2.23. The molecule has 1 aromatic rings. The Bertz CT molecular complexity index is 867. The van der Waals surface area contributed by atoms with Crippen molar-refractivity contribution in [3.63, 3.8) is 0 Å². The van der Waals surface area contributed by atoms with Crippen LogP contribution in [0.5, 0.6) is 5.75 Å². The molecule has 1 fully saturated rings. The minimum absolute atomic E-state index is 0.0184. The SMILES string of the molecule is CC[C@H]1C[C@@H]1C1(C(=O)O)C=C(C(=O)NC)C(=O)N(Cc2cccc(OCCO)c2)C1. The van der Waals surface area contributed by atoms with Crippen LogP contribution in [0.25, 0.3) is 0 Å². The molecule has 1 saturated carbocycles. The highest BCUT2D eigenvalue weighted by atomic mass is 16.5. The van der Waals surface area contributed by atoms with Gasteiger partial charge in [-0.25, -0.2) is 0 Å². The second kappa shape index (κ2) is 8.87. The van der Waals surface area contributed by atoms with Crippen LogP contribution in [0.15, 0.2) is 35.9 Å². The normalized spacial score (nSPS) is 25.5. The van der Waals surface area contributed by atoms with Crippen LogP contribution in [0.2, 0.25) is 0 Å². The number of aliphatic hydroxyl groups excluding tert-OH is 1. The van der Waals surface area contributed by atoms with Gasteiger partial charge in [0, 0.05) is 20.1 Å². The van der Waals surface area contributed by atoms with Gasteiger partial charge in [0.25, 0.3) is 11.8 Å². The van der Waals surface area contributed by atoms with Crippen molar-refractivity contribution in [1.82, 2.24) is 10.2 Å². The lowest BCUT2D eigenvalue weighted by Crippen LogP contribution is -2.52. The standard InChI is InChI=1S/C22H28N2O6/c1-3-15-10-18(15)22(21(28)29)11-17(19(26)23-2)20(27)24(13-22)12-14-5-4-6-16(9-14)30-8-7-25/h4-6,9,11,15,18,25H,3,7-8,10,12-13H2,1-2H3,(H,23,26)(H,28,29)/t15-,18-,22?/m0/s1. The molecule has 8 heteroatoms. The van der Waals surface area contributed by atoms with Gasteiger partial charge in [-0.3, -0.25) is 14.4 Å². The quantitative estimate of drug-likeness (QED) is 0.521. The van der Waals surface area contributed by atoms with E-state index < -0.39 is 23.2 Å². The second-order valence-electron chi connectivity index (χ2n) is 7.87. The number of amides is 2. The highest BCUT2D eigenvalue weighted by Crippen LogP contribution is 2.55. The predicted molar refractivity (Wildman–Crippen MR) is 109 cm³/mol. The first kappa shape index (κ1) is 21.8. The van der Waals surface area contributed by atoms with E-state index in [9.17, 15) is 19.5 Å². The fourth-order valence-corrected chi connectivity index (χ4v) is 4.31. The van der Waals surface area contributed by atoms with Crippen molar-refractivity contribution in [3.05, 3.63) is 41.5 Å². The zero-order valence-corrected chi connectivity index (χ0v) is 17.3. The van der Waals surface area contributed by atoms with Crippen LogP contribution in [0.3, 0.4) is 0 Å². The third-order valence-electron chi connectivity index (χ3n) is 5.98. The Labute approximate surface area is 175 Å². The molecule has 0 bridgehead atoms. The summed E-state index contributed by atoms with van der Waals surface area (Å²) in [4.78, 5) is 39.3. The van der Waals surface area contributed by atoms with Crippen LogP contribution in [0, 0.1) is 17.3 Å². The first-order valence-corrected chi connectivity index (χ1v) is 10.2. The summed E-state index contributed by atoms with van der Waals surface area (Å²) < 4.78 is 5.42.